The van der Waals surface area contributed by atoms with E-state index in [9.17, 15) is 0 Å². The highest BCUT2D eigenvalue weighted by atomic mass is 16.5. The fraction of sp³-hybridized carbons (Fsp3) is 0.708. The average molecular weight is 418 g/mol. The molecule has 6 nitrogen and oxygen atoms in total. The number of hydrogen-bond donors (Lipinski definition) is 2. The van der Waals surface area contributed by atoms with Crippen molar-refractivity contribution in [3.8, 4) is 5.75 Å². The third-order valence-electron chi connectivity index (χ3n) is 5.41. The molecule has 1 fully saturated rings. The van der Waals surface area contributed by atoms with Gasteiger partial charge in [-0.1, -0.05) is 26.0 Å². The zero-order valence-corrected chi connectivity index (χ0v) is 19.8. The number of nitrogens with zero attached hydrogens (tertiary/aromatic N) is 3. The Hall–Kier alpha value is -1.79. The molecule has 6 heteroatoms. The predicted octanol–water partition coefficient (Wildman–Crippen LogP) is 3.37. The normalized spacial score (nSPS) is 17.2. The molecule has 2 rings (SSSR count). The van der Waals surface area contributed by atoms with Gasteiger partial charge >= 0.3 is 0 Å². The Labute approximate surface area is 184 Å². The maximum Gasteiger partial charge on any atom is 0.191 e. The largest absolute Gasteiger partial charge is 0.493 e. The number of benzene rings is 1. The van der Waals surface area contributed by atoms with Gasteiger partial charge in [0.25, 0.3) is 0 Å². The molecule has 0 saturated carbocycles. The Bertz CT molecular complexity index is 609. The lowest BCUT2D eigenvalue weighted by molar-refractivity contribution is 0.152. The first-order valence-corrected chi connectivity index (χ1v) is 11.7. The standard InChI is InChI=1S/C24H43N5O/c1-6-25-24(26-13-7-8-14-29-17-15-28(5)16-18-29)27-21(4)22-9-11-23(12-10-22)30-19-20(2)3/h9-12,20-21H,6-8,13-19H2,1-5H3,(H2,25,26,27). The van der Waals surface area contributed by atoms with Crippen LogP contribution in [0, 0.1) is 5.92 Å². The van der Waals surface area contributed by atoms with Crippen molar-refractivity contribution in [1.82, 2.24) is 20.4 Å². The predicted molar refractivity (Wildman–Crippen MR) is 127 cm³/mol. The minimum absolute atomic E-state index is 0.187. The van der Waals surface area contributed by atoms with E-state index < -0.39 is 0 Å². The van der Waals surface area contributed by atoms with Crippen LogP contribution in [-0.2, 0) is 0 Å². The van der Waals surface area contributed by atoms with Crippen LogP contribution in [0.4, 0.5) is 0 Å². The summed E-state index contributed by atoms with van der Waals surface area (Å²) in [7, 11) is 2.21. The highest BCUT2D eigenvalue weighted by Crippen LogP contribution is 2.18. The number of piperazine rings is 1. The van der Waals surface area contributed by atoms with Gasteiger partial charge in [0.1, 0.15) is 5.75 Å². The number of unbranched alkanes of at least 4 members (excludes halogenated alkanes) is 1. The Morgan fingerprint density at radius 1 is 1.07 bits per heavy atom. The second-order valence-corrected chi connectivity index (χ2v) is 8.75. The Kier molecular flexibility index (Phi) is 11.0. The maximum atomic E-state index is 5.78. The van der Waals surface area contributed by atoms with Crippen molar-refractivity contribution in [3.05, 3.63) is 29.8 Å². The monoisotopic (exact) mass is 417 g/mol. The van der Waals surface area contributed by atoms with Crippen LogP contribution in [0.3, 0.4) is 0 Å². The van der Waals surface area contributed by atoms with Gasteiger partial charge in [-0.05, 0) is 63.9 Å². The molecule has 0 radical (unpaired) electrons. The van der Waals surface area contributed by atoms with Gasteiger partial charge < -0.3 is 25.2 Å². The van der Waals surface area contributed by atoms with Gasteiger partial charge in [-0.15, -0.1) is 0 Å². The first kappa shape index (κ1) is 24.5. The van der Waals surface area contributed by atoms with E-state index in [0.717, 1.165) is 37.8 Å². The second-order valence-electron chi connectivity index (χ2n) is 8.75. The van der Waals surface area contributed by atoms with Crippen LogP contribution in [-0.4, -0.2) is 75.2 Å². The zero-order valence-electron chi connectivity index (χ0n) is 19.8. The van der Waals surface area contributed by atoms with Crippen LogP contribution in [0.25, 0.3) is 0 Å². The summed E-state index contributed by atoms with van der Waals surface area (Å²) in [6.07, 6.45) is 2.33. The maximum absolute atomic E-state index is 5.78. The van der Waals surface area contributed by atoms with E-state index in [0.29, 0.717) is 5.92 Å². The number of likely N-dealkylation sites (N-methyl/N-ethyl adjacent to an activating group) is 1. The van der Waals surface area contributed by atoms with E-state index in [2.05, 4.69) is 79.4 Å². The van der Waals surface area contributed by atoms with E-state index >= 15 is 0 Å². The van der Waals surface area contributed by atoms with Crippen molar-refractivity contribution >= 4 is 5.96 Å². The van der Waals surface area contributed by atoms with Crippen LogP contribution in [0.5, 0.6) is 5.75 Å². The van der Waals surface area contributed by atoms with Crippen molar-refractivity contribution in [2.24, 2.45) is 10.9 Å². The molecule has 1 aromatic carbocycles. The lowest BCUT2D eigenvalue weighted by Crippen LogP contribution is -2.44. The molecular weight excluding hydrogens is 374 g/mol. The average Bonchev–Trinajstić information content (AvgIpc) is 2.73. The van der Waals surface area contributed by atoms with Gasteiger partial charge in [0.15, 0.2) is 5.96 Å². The number of guanidine groups is 1. The number of nitrogens with one attached hydrogen (secondary N) is 2. The first-order chi connectivity index (χ1) is 14.5. The van der Waals surface area contributed by atoms with Gasteiger partial charge in [0.05, 0.1) is 12.6 Å². The van der Waals surface area contributed by atoms with Crippen molar-refractivity contribution in [2.45, 2.75) is 46.6 Å². The lowest BCUT2D eigenvalue weighted by Gasteiger charge is -2.32. The SMILES string of the molecule is CCNC(=NCCCCN1CCN(C)CC1)NC(C)c1ccc(OCC(C)C)cc1. The molecule has 30 heavy (non-hydrogen) atoms. The fourth-order valence-corrected chi connectivity index (χ4v) is 3.43. The number of ether oxygens (including phenoxy) is 1. The molecule has 0 aliphatic carbocycles. The highest BCUT2D eigenvalue weighted by molar-refractivity contribution is 5.80. The lowest BCUT2D eigenvalue weighted by atomic mass is 10.1. The second kappa shape index (κ2) is 13.5. The van der Waals surface area contributed by atoms with Gasteiger partial charge in [-0.2, -0.15) is 0 Å². The minimum atomic E-state index is 0.187. The molecule has 1 heterocycles. The highest BCUT2D eigenvalue weighted by Gasteiger charge is 2.13. The topological polar surface area (TPSA) is 52.1 Å². The summed E-state index contributed by atoms with van der Waals surface area (Å²) >= 11 is 0. The summed E-state index contributed by atoms with van der Waals surface area (Å²) in [6, 6.07) is 8.56. The van der Waals surface area contributed by atoms with Crippen molar-refractivity contribution in [1.29, 1.82) is 0 Å². The summed E-state index contributed by atoms with van der Waals surface area (Å²) in [5, 5.41) is 6.90. The quantitative estimate of drug-likeness (QED) is 0.328. The molecule has 2 N–H and O–H groups in total. The smallest absolute Gasteiger partial charge is 0.191 e. The molecule has 1 aliphatic rings. The van der Waals surface area contributed by atoms with Crippen LogP contribution in [0.2, 0.25) is 0 Å². The minimum Gasteiger partial charge on any atom is -0.493 e. The van der Waals surface area contributed by atoms with Crippen LogP contribution >= 0.6 is 0 Å². The first-order valence-electron chi connectivity index (χ1n) is 11.7. The van der Waals surface area contributed by atoms with Crippen molar-refractivity contribution < 1.29 is 4.74 Å². The van der Waals surface area contributed by atoms with Crippen molar-refractivity contribution in [3.63, 3.8) is 0 Å². The molecule has 1 atom stereocenters. The van der Waals surface area contributed by atoms with E-state index in [4.69, 9.17) is 9.73 Å². The van der Waals surface area contributed by atoms with Gasteiger partial charge in [-0.3, -0.25) is 4.99 Å². The van der Waals surface area contributed by atoms with Crippen LogP contribution < -0.4 is 15.4 Å². The van der Waals surface area contributed by atoms with Crippen molar-refractivity contribution in [2.75, 3.05) is 59.5 Å². The molecular formula is C24H43N5O. The Balaban J connectivity index is 1.74. The summed E-state index contributed by atoms with van der Waals surface area (Å²) in [6.45, 7) is 17.0. The fourth-order valence-electron chi connectivity index (χ4n) is 3.43. The summed E-state index contributed by atoms with van der Waals surface area (Å²) in [4.78, 5) is 9.76. The Morgan fingerprint density at radius 3 is 2.40 bits per heavy atom. The number of aliphatic imine (C=N–C) groups is 1. The summed E-state index contributed by atoms with van der Waals surface area (Å²) in [5.74, 6) is 2.36. The van der Waals surface area contributed by atoms with E-state index in [1.54, 1.807) is 0 Å². The molecule has 1 aromatic rings. The third kappa shape index (κ3) is 9.35. The van der Waals surface area contributed by atoms with Gasteiger partial charge in [-0.25, -0.2) is 0 Å². The number of rotatable bonds is 11. The zero-order chi connectivity index (χ0) is 21.8. The Morgan fingerprint density at radius 2 is 1.77 bits per heavy atom. The summed E-state index contributed by atoms with van der Waals surface area (Å²) < 4.78 is 5.78. The van der Waals surface area contributed by atoms with E-state index in [-0.39, 0.29) is 6.04 Å². The van der Waals surface area contributed by atoms with Gasteiger partial charge in [0, 0.05) is 39.3 Å². The molecule has 170 valence electrons. The van der Waals surface area contributed by atoms with Gasteiger partial charge in [0.2, 0.25) is 0 Å². The molecule has 0 aromatic heterocycles. The third-order valence-corrected chi connectivity index (χ3v) is 5.41. The molecule has 0 spiro atoms. The molecule has 1 aliphatic heterocycles. The molecule has 1 unspecified atom stereocenters. The molecule has 0 bridgehead atoms. The summed E-state index contributed by atoms with van der Waals surface area (Å²) in [5.41, 5.74) is 1.23. The van der Waals surface area contributed by atoms with E-state index in [1.807, 2.05) is 0 Å². The number of hydrogen-bond acceptors (Lipinski definition) is 4. The van der Waals surface area contributed by atoms with Crippen LogP contribution in [0.15, 0.2) is 29.3 Å². The molecule has 0 amide bonds. The molecule has 1 saturated heterocycles. The van der Waals surface area contributed by atoms with Crippen LogP contribution in [0.1, 0.15) is 52.1 Å². The van der Waals surface area contributed by atoms with E-state index in [1.165, 1.54) is 44.7 Å².